The van der Waals surface area contributed by atoms with E-state index in [0.29, 0.717) is 10.2 Å². The lowest BCUT2D eigenvalue weighted by molar-refractivity contribution is 0.605. The van der Waals surface area contributed by atoms with Gasteiger partial charge in [-0.1, -0.05) is 37.6 Å². The summed E-state index contributed by atoms with van der Waals surface area (Å²) in [7, 11) is 3.80. The van der Waals surface area contributed by atoms with Crippen molar-refractivity contribution in [2.75, 3.05) is 14.1 Å². The van der Waals surface area contributed by atoms with Crippen LogP contribution in [0.25, 0.3) is 23.9 Å². The maximum atomic E-state index is 14.5. The van der Waals surface area contributed by atoms with E-state index in [0.717, 1.165) is 46.1 Å². The van der Waals surface area contributed by atoms with Gasteiger partial charge in [-0.25, -0.2) is 4.39 Å². The Labute approximate surface area is 178 Å². The Morgan fingerprint density at radius 1 is 1.21 bits per heavy atom. The van der Waals surface area contributed by atoms with Gasteiger partial charge in [0.15, 0.2) is 0 Å². The summed E-state index contributed by atoms with van der Waals surface area (Å²) in [4.78, 5) is 6.67. The van der Waals surface area contributed by atoms with Gasteiger partial charge in [0, 0.05) is 36.4 Å². The van der Waals surface area contributed by atoms with Crippen LogP contribution in [0, 0.1) is 12.7 Å². The number of aliphatic imine (C=N–C) groups is 1. The van der Waals surface area contributed by atoms with E-state index in [1.807, 2.05) is 64.2 Å². The smallest absolute Gasteiger partial charge is 0.131 e. The van der Waals surface area contributed by atoms with Crippen molar-refractivity contribution >= 4 is 35.8 Å². The van der Waals surface area contributed by atoms with Gasteiger partial charge in [-0.2, -0.15) is 0 Å². The lowest BCUT2D eigenvalue weighted by Gasteiger charge is -2.12. The molecule has 2 aromatic rings. The molecule has 0 radical (unpaired) electrons. The highest BCUT2D eigenvalue weighted by atomic mass is 35.5. The molecule has 0 aromatic heterocycles. The summed E-state index contributed by atoms with van der Waals surface area (Å²) in [6.45, 7) is 12.0. The van der Waals surface area contributed by atoms with Crippen molar-refractivity contribution in [3.05, 3.63) is 62.8 Å². The summed E-state index contributed by atoms with van der Waals surface area (Å²) in [5.41, 5.74) is 5.54. The van der Waals surface area contributed by atoms with E-state index in [4.69, 9.17) is 16.6 Å². The van der Waals surface area contributed by atoms with E-state index >= 15 is 0 Å². The van der Waals surface area contributed by atoms with Crippen LogP contribution in [0.1, 0.15) is 39.2 Å². The fourth-order valence-electron chi connectivity index (χ4n) is 3.31. The Morgan fingerprint density at radius 2 is 1.86 bits per heavy atom. The van der Waals surface area contributed by atoms with Gasteiger partial charge in [0.2, 0.25) is 0 Å². The molecule has 0 saturated heterocycles. The number of hydrogen-bond donors (Lipinski definition) is 0. The maximum Gasteiger partial charge on any atom is 0.131 e. The zero-order valence-electron chi connectivity index (χ0n) is 18.2. The lowest BCUT2D eigenvalue weighted by Crippen LogP contribution is -2.29. The molecule has 2 aromatic carbocycles. The summed E-state index contributed by atoms with van der Waals surface area (Å²) in [6, 6.07) is 7.30. The van der Waals surface area contributed by atoms with E-state index in [1.54, 1.807) is 0 Å². The van der Waals surface area contributed by atoms with Crippen molar-refractivity contribution in [2.45, 2.75) is 40.5 Å². The standard InChI is InChI=1S/C25H30ClFN2/c1-8-10-19(9-2)18(5)28-25-16(3)11-20(13-23(25)26)21-12-22(15-29(6)7)17(4)24(27)14-21/h9,11-15H,4,8,10H2,1-3,5-7H3/b19-9+,22-15-,28-18?. The third kappa shape index (κ3) is 5.57. The Kier molecular flexibility index (Phi) is 7.80. The van der Waals surface area contributed by atoms with Crippen LogP contribution in [-0.4, -0.2) is 24.7 Å². The molecule has 2 rings (SSSR count). The van der Waals surface area contributed by atoms with Crippen LogP contribution in [0.15, 0.2) is 40.9 Å². The van der Waals surface area contributed by atoms with Gasteiger partial charge in [0.25, 0.3) is 0 Å². The Bertz CT molecular complexity index is 1040. The van der Waals surface area contributed by atoms with E-state index in [1.165, 1.54) is 11.6 Å². The van der Waals surface area contributed by atoms with Crippen molar-refractivity contribution in [1.82, 2.24) is 4.90 Å². The van der Waals surface area contributed by atoms with Crippen LogP contribution >= 0.6 is 11.6 Å². The fraction of sp³-hybridized carbons (Fsp3) is 0.320. The predicted octanol–water partition coefficient (Wildman–Crippen LogP) is 6.00. The molecule has 29 heavy (non-hydrogen) atoms. The highest BCUT2D eigenvalue weighted by Gasteiger charge is 2.11. The summed E-state index contributed by atoms with van der Waals surface area (Å²) >= 11 is 6.60. The molecule has 2 nitrogen and oxygen atoms in total. The second-order valence-electron chi connectivity index (χ2n) is 7.50. The number of hydrogen-bond acceptors (Lipinski definition) is 2. The highest BCUT2D eigenvalue weighted by molar-refractivity contribution is 6.33. The van der Waals surface area contributed by atoms with Crippen LogP contribution in [0.3, 0.4) is 0 Å². The molecule has 4 heteroatoms. The van der Waals surface area contributed by atoms with Crippen molar-refractivity contribution in [1.29, 1.82) is 0 Å². The summed E-state index contributed by atoms with van der Waals surface area (Å²) < 4.78 is 14.5. The molecule has 0 N–H and O–H groups in total. The largest absolute Gasteiger partial charge is 0.383 e. The average Bonchev–Trinajstić information content (AvgIpc) is 2.65. The molecule has 0 aliphatic rings. The second kappa shape index (κ2) is 9.89. The van der Waals surface area contributed by atoms with Gasteiger partial charge >= 0.3 is 0 Å². The molecule has 0 atom stereocenters. The van der Waals surface area contributed by atoms with E-state index in [2.05, 4.69) is 19.6 Å². The number of allylic oxidation sites excluding steroid dienone is 2. The SMILES string of the molecule is C=c1c(F)cc(-c2cc(C)c(N=C(C)/C(=C/C)CCC)c(Cl)c2)c/c1=C/N(C)C. The molecule has 0 bridgehead atoms. The van der Waals surface area contributed by atoms with E-state index < -0.39 is 0 Å². The van der Waals surface area contributed by atoms with Crippen LogP contribution in [-0.2, 0) is 0 Å². The Balaban J connectivity index is 2.58. The monoisotopic (exact) mass is 412 g/mol. The first kappa shape index (κ1) is 22.9. The molecular weight excluding hydrogens is 383 g/mol. The molecule has 0 unspecified atom stereocenters. The number of rotatable bonds is 6. The highest BCUT2D eigenvalue weighted by Crippen LogP contribution is 2.34. The van der Waals surface area contributed by atoms with E-state index in [-0.39, 0.29) is 5.82 Å². The minimum Gasteiger partial charge on any atom is -0.383 e. The third-order valence-electron chi connectivity index (χ3n) is 4.83. The van der Waals surface area contributed by atoms with Crippen molar-refractivity contribution in [2.24, 2.45) is 4.99 Å². The molecule has 0 aliphatic heterocycles. The van der Waals surface area contributed by atoms with Gasteiger partial charge in [-0.3, -0.25) is 4.99 Å². The Hall–Kier alpha value is -2.39. The zero-order valence-corrected chi connectivity index (χ0v) is 19.0. The Morgan fingerprint density at radius 3 is 2.41 bits per heavy atom. The minimum absolute atomic E-state index is 0.334. The van der Waals surface area contributed by atoms with Crippen LogP contribution in [0.4, 0.5) is 10.1 Å². The number of aryl methyl sites for hydroxylation is 1. The van der Waals surface area contributed by atoms with Crippen LogP contribution < -0.4 is 10.4 Å². The first-order chi connectivity index (χ1) is 13.7. The third-order valence-corrected chi connectivity index (χ3v) is 5.11. The number of halogens is 2. The quantitative estimate of drug-likeness (QED) is 0.531. The normalized spacial score (nSPS) is 13.2. The van der Waals surface area contributed by atoms with Crippen molar-refractivity contribution in [3.8, 4) is 11.1 Å². The molecule has 0 heterocycles. The summed E-state index contributed by atoms with van der Waals surface area (Å²) in [5.74, 6) is -0.334. The number of benzene rings is 2. The summed E-state index contributed by atoms with van der Waals surface area (Å²) in [5, 5.41) is 1.69. The fourth-order valence-corrected chi connectivity index (χ4v) is 3.61. The minimum atomic E-state index is -0.334. The van der Waals surface area contributed by atoms with Crippen molar-refractivity contribution < 1.29 is 4.39 Å². The maximum absolute atomic E-state index is 14.5. The molecule has 0 saturated carbocycles. The molecular formula is C25H30ClFN2. The molecule has 0 amide bonds. The molecule has 0 fully saturated rings. The molecule has 0 aliphatic carbocycles. The topological polar surface area (TPSA) is 15.6 Å². The van der Waals surface area contributed by atoms with Gasteiger partial charge in [0.1, 0.15) is 5.82 Å². The van der Waals surface area contributed by atoms with Crippen molar-refractivity contribution in [3.63, 3.8) is 0 Å². The first-order valence-electron chi connectivity index (χ1n) is 9.86. The molecule has 154 valence electrons. The molecule has 0 spiro atoms. The number of nitrogens with zero attached hydrogens (tertiary/aromatic N) is 2. The van der Waals surface area contributed by atoms with Gasteiger partial charge in [-0.15, -0.1) is 0 Å². The predicted molar refractivity (Wildman–Crippen MR) is 126 cm³/mol. The second-order valence-corrected chi connectivity index (χ2v) is 7.91. The van der Waals surface area contributed by atoms with Gasteiger partial charge in [-0.05, 0) is 73.7 Å². The van der Waals surface area contributed by atoms with Crippen LogP contribution in [0.5, 0.6) is 0 Å². The van der Waals surface area contributed by atoms with Crippen LogP contribution in [0.2, 0.25) is 5.02 Å². The average molecular weight is 413 g/mol. The van der Waals surface area contributed by atoms with Gasteiger partial charge in [0.05, 0.1) is 10.7 Å². The van der Waals surface area contributed by atoms with E-state index in [9.17, 15) is 4.39 Å². The summed E-state index contributed by atoms with van der Waals surface area (Å²) in [6.07, 6.45) is 6.02. The zero-order chi connectivity index (χ0) is 21.7. The first-order valence-corrected chi connectivity index (χ1v) is 10.2. The van der Waals surface area contributed by atoms with Gasteiger partial charge < -0.3 is 4.90 Å². The lowest BCUT2D eigenvalue weighted by atomic mass is 10.0.